The maximum Gasteiger partial charge on any atom is 0.319 e. The van der Waals surface area contributed by atoms with Crippen LogP contribution in [0.15, 0.2) is 30.5 Å². The summed E-state index contributed by atoms with van der Waals surface area (Å²) in [5, 5.41) is 17.5. The fourth-order valence-electron chi connectivity index (χ4n) is 13.2. The fourth-order valence-corrected chi connectivity index (χ4v) is 13.6. The number of piperazine rings is 1. The molecule has 8 aliphatic rings. The van der Waals surface area contributed by atoms with Gasteiger partial charge in [-0.15, -0.1) is 0 Å². The van der Waals surface area contributed by atoms with Gasteiger partial charge in [-0.05, 0) is 157 Å². The topological polar surface area (TPSA) is 160 Å². The maximum absolute atomic E-state index is 16.9. The van der Waals surface area contributed by atoms with Crippen molar-refractivity contribution in [1.82, 2.24) is 40.3 Å². The van der Waals surface area contributed by atoms with E-state index in [0.717, 1.165) is 121 Å². The van der Waals surface area contributed by atoms with Crippen LogP contribution in [-0.2, 0) is 16.1 Å². The third-order valence-corrected chi connectivity index (χ3v) is 17.6. The largest absolute Gasteiger partial charge is 0.508 e. The third kappa shape index (κ3) is 9.59. The minimum atomic E-state index is -0.763. The van der Waals surface area contributed by atoms with Crippen LogP contribution in [0.25, 0.3) is 22.2 Å². The van der Waals surface area contributed by atoms with Crippen LogP contribution in [0, 0.1) is 29.4 Å². The average Bonchev–Trinajstić information content (AvgIpc) is 4.08. The summed E-state index contributed by atoms with van der Waals surface area (Å²) in [5.74, 6) is 0.719. The molecule has 18 heteroatoms. The lowest BCUT2D eigenvalue weighted by atomic mass is 9.82. The van der Waals surface area contributed by atoms with E-state index in [9.17, 15) is 19.5 Å². The summed E-state index contributed by atoms with van der Waals surface area (Å²) in [7, 11) is 0. The van der Waals surface area contributed by atoms with Gasteiger partial charge in [0, 0.05) is 85.7 Å². The molecular weight excluding hydrogens is 942 g/mol. The first kappa shape index (κ1) is 47.8. The third-order valence-electron chi connectivity index (χ3n) is 17.3. The molecule has 7 aliphatic heterocycles. The summed E-state index contributed by atoms with van der Waals surface area (Å²) < 4.78 is 39.2. The number of nitrogens with zero attached hydrogens (tertiary/aromatic N) is 8. The summed E-state index contributed by atoms with van der Waals surface area (Å²) in [4.78, 5) is 62.5. The second-order valence-electron chi connectivity index (χ2n) is 22.1. The quantitative estimate of drug-likeness (QED) is 0.118. The van der Waals surface area contributed by atoms with Gasteiger partial charge in [0.15, 0.2) is 11.6 Å². The van der Waals surface area contributed by atoms with Gasteiger partial charge in [0.25, 0.3) is 5.91 Å². The number of halogens is 3. The number of hydrogen-bond acceptors (Lipinski definition) is 13. The second kappa shape index (κ2) is 19.9. The van der Waals surface area contributed by atoms with E-state index in [-0.39, 0.29) is 65.9 Å². The minimum Gasteiger partial charge on any atom is -0.508 e. The van der Waals surface area contributed by atoms with Gasteiger partial charge in [-0.25, -0.2) is 8.78 Å². The number of hydrogen-bond donors (Lipinski definition) is 3. The van der Waals surface area contributed by atoms with Gasteiger partial charge in [-0.3, -0.25) is 29.6 Å². The van der Waals surface area contributed by atoms with Gasteiger partial charge >= 0.3 is 6.01 Å². The van der Waals surface area contributed by atoms with E-state index in [2.05, 4.69) is 35.2 Å². The number of carbonyl (C=O) groups is 3. The van der Waals surface area contributed by atoms with Gasteiger partial charge in [0.1, 0.15) is 35.4 Å². The van der Waals surface area contributed by atoms with Crippen molar-refractivity contribution in [3.8, 4) is 23.0 Å². The van der Waals surface area contributed by atoms with Crippen LogP contribution in [0.5, 0.6) is 11.8 Å². The summed E-state index contributed by atoms with van der Waals surface area (Å²) in [6, 6.07) is 6.60. The van der Waals surface area contributed by atoms with Gasteiger partial charge in [0.05, 0.1) is 17.6 Å². The van der Waals surface area contributed by atoms with E-state index >= 15 is 8.78 Å². The van der Waals surface area contributed by atoms with Crippen molar-refractivity contribution in [2.24, 2.45) is 17.8 Å². The first-order valence-electron chi connectivity index (χ1n) is 26.7. The molecule has 1 aliphatic carbocycles. The van der Waals surface area contributed by atoms with Gasteiger partial charge in [-0.1, -0.05) is 11.6 Å². The predicted octanol–water partition coefficient (Wildman–Crippen LogP) is 7.02. The zero-order chi connectivity index (χ0) is 49.2. The SMILES string of the molecule is O=C1CCC(N2Cc3c(ccc(N4CCC(CN5CCC(CC6CCN(CCOc7nc(N8CC9CCC(C8)N9)c8cnc(-c9cc(O)cc(Cl)c9C9CC9)c(F)c8n7)CC6)CC5)CC4)c3F)C2=O)C(=O)N1. The number of ether oxygens (including phenoxy) is 1. The lowest BCUT2D eigenvalue weighted by Gasteiger charge is -2.39. The Morgan fingerprint density at radius 1 is 0.778 bits per heavy atom. The number of likely N-dealkylation sites (tertiary alicyclic amines) is 2. The van der Waals surface area contributed by atoms with Crippen molar-refractivity contribution < 1.29 is 33.0 Å². The van der Waals surface area contributed by atoms with Crippen molar-refractivity contribution in [3.05, 3.63) is 63.8 Å². The average molecular weight is 1010 g/mol. The van der Waals surface area contributed by atoms with Crippen molar-refractivity contribution in [2.75, 3.05) is 81.9 Å². The van der Waals surface area contributed by atoms with E-state index in [1.54, 1.807) is 24.4 Å². The van der Waals surface area contributed by atoms with Crippen molar-refractivity contribution in [3.63, 3.8) is 0 Å². The summed E-state index contributed by atoms with van der Waals surface area (Å²) >= 11 is 6.63. The smallest absolute Gasteiger partial charge is 0.319 e. The Morgan fingerprint density at radius 3 is 2.19 bits per heavy atom. The standard InChI is InChI=1S/C54H65ClF2N10O5/c55-42-25-37(68)24-39(46(42)34-1-2-34)49-48(57)50-40(26-58-49)51(66-28-35-3-4-36(29-66)59-35)62-54(61-50)72-22-21-63-15-9-31(10-16-63)23-32-11-17-64(18-12-32)27-33-13-19-65(20-14-33)43-6-5-38-41(47(43)56)30-67(53(38)71)44-7-8-45(69)60-52(44)70/h5-6,24-26,31-36,44,59,68H,1-4,7-23,27-30H2,(H,60,69,70). The van der Waals surface area contributed by atoms with E-state index in [4.69, 9.17) is 26.3 Å². The molecule has 3 N–H and O–H groups in total. The molecule has 2 bridgehead atoms. The Balaban J connectivity index is 0.604. The molecule has 2 aromatic carbocycles. The van der Waals surface area contributed by atoms with E-state index in [1.165, 1.54) is 43.1 Å². The monoisotopic (exact) mass is 1010 g/mol. The van der Waals surface area contributed by atoms with Gasteiger partial charge in [0.2, 0.25) is 11.8 Å². The lowest BCUT2D eigenvalue weighted by molar-refractivity contribution is -0.136. The highest BCUT2D eigenvalue weighted by Crippen LogP contribution is 2.49. The minimum absolute atomic E-state index is 0.0306. The molecule has 6 saturated heterocycles. The van der Waals surface area contributed by atoms with E-state index < -0.39 is 17.8 Å². The molecule has 0 spiro atoms. The highest BCUT2D eigenvalue weighted by molar-refractivity contribution is 6.32. The Kier molecular flexibility index (Phi) is 13.2. The van der Waals surface area contributed by atoms with Crippen LogP contribution < -0.4 is 25.2 Å². The molecule has 9 heterocycles. The number of nitrogens with one attached hydrogen (secondary N) is 2. The Bertz CT molecular complexity index is 2750. The normalized spacial score (nSPS) is 25.0. The number of aromatic hydroxyl groups is 1. The molecule has 2 aromatic heterocycles. The van der Waals surface area contributed by atoms with Crippen LogP contribution >= 0.6 is 11.6 Å². The second-order valence-corrected chi connectivity index (χ2v) is 22.5. The highest BCUT2D eigenvalue weighted by atomic mass is 35.5. The lowest BCUT2D eigenvalue weighted by Crippen LogP contribution is -2.52. The Morgan fingerprint density at radius 2 is 1.49 bits per heavy atom. The molecule has 382 valence electrons. The number of phenolic OH excluding ortho intramolecular Hbond substituents is 1. The van der Waals surface area contributed by atoms with Gasteiger partial charge < -0.3 is 34.8 Å². The molecule has 3 amide bonds. The summed E-state index contributed by atoms with van der Waals surface area (Å²) in [5.41, 5.74) is 2.78. The number of pyridine rings is 1. The number of anilines is 2. The number of fused-ring (bicyclic) bond motifs is 4. The molecule has 0 radical (unpaired) electrons. The van der Waals surface area contributed by atoms with Crippen LogP contribution in [0.2, 0.25) is 5.02 Å². The Hall–Kier alpha value is -5.23. The number of phenols is 1. The number of aromatic nitrogens is 3. The molecular formula is C54H65ClF2N10O5. The number of imide groups is 1. The first-order chi connectivity index (χ1) is 35.0. The molecule has 72 heavy (non-hydrogen) atoms. The first-order valence-corrected chi connectivity index (χ1v) is 27.1. The van der Waals surface area contributed by atoms with Crippen LogP contribution in [-0.4, -0.2) is 143 Å². The molecule has 1 saturated carbocycles. The number of carbonyl (C=O) groups excluding carboxylic acids is 3. The highest BCUT2D eigenvalue weighted by Gasteiger charge is 2.42. The van der Waals surface area contributed by atoms with Crippen LogP contribution in [0.3, 0.4) is 0 Å². The summed E-state index contributed by atoms with van der Waals surface area (Å²) in [6.07, 6.45) is 14.3. The van der Waals surface area contributed by atoms with Crippen LogP contribution in [0.1, 0.15) is 111 Å². The predicted molar refractivity (Wildman–Crippen MR) is 269 cm³/mol. The molecule has 7 fully saturated rings. The van der Waals surface area contributed by atoms with E-state index in [1.807, 2.05) is 0 Å². The van der Waals surface area contributed by atoms with Crippen LogP contribution in [0.4, 0.5) is 20.3 Å². The zero-order valence-corrected chi connectivity index (χ0v) is 41.7. The number of rotatable bonds is 13. The zero-order valence-electron chi connectivity index (χ0n) is 40.9. The Labute approximate surface area is 424 Å². The maximum atomic E-state index is 16.9. The van der Waals surface area contributed by atoms with Crippen molar-refractivity contribution >= 4 is 51.7 Å². The molecule has 15 nitrogen and oxygen atoms in total. The number of piperidine rings is 4. The summed E-state index contributed by atoms with van der Waals surface area (Å²) in [6.45, 7) is 9.60. The number of benzene rings is 2. The van der Waals surface area contributed by atoms with Crippen molar-refractivity contribution in [2.45, 2.75) is 114 Å². The fraction of sp³-hybridized carbons (Fsp3) is 0.593. The molecule has 12 rings (SSSR count). The van der Waals surface area contributed by atoms with E-state index in [0.29, 0.717) is 63.2 Å². The molecule has 4 aromatic rings. The number of amides is 3. The molecule has 3 atom stereocenters. The van der Waals surface area contributed by atoms with Crippen molar-refractivity contribution in [1.29, 1.82) is 0 Å². The molecule has 3 unspecified atom stereocenters. The van der Waals surface area contributed by atoms with Gasteiger partial charge in [-0.2, -0.15) is 9.97 Å².